The third kappa shape index (κ3) is 2.64. The topological polar surface area (TPSA) is 62.3 Å². The monoisotopic (exact) mass is 311 g/mol. The Bertz CT molecular complexity index is 826. The predicted molar refractivity (Wildman–Crippen MR) is 92.0 cm³/mol. The number of methoxy groups -OCH3 is 2. The Hall–Kier alpha value is -2.53. The van der Waals surface area contributed by atoms with Crippen LogP contribution in [0.5, 0.6) is 11.5 Å². The van der Waals surface area contributed by atoms with Crippen LogP contribution in [0.3, 0.4) is 0 Å². The summed E-state index contributed by atoms with van der Waals surface area (Å²) in [7, 11) is 3.26. The maximum Gasteiger partial charge on any atom is 0.161 e. The van der Waals surface area contributed by atoms with Crippen molar-refractivity contribution >= 4 is 11.0 Å². The van der Waals surface area contributed by atoms with Crippen LogP contribution in [0, 0.1) is 0 Å². The molecule has 3 aromatic rings. The van der Waals surface area contributed by atoms with Crippen molar-refractivity contribution in [2.75, 3.05) is 20.8 Å². The number of ether oxygens (including phenoxy) is 2. The van der Waals surface area contributed by atoms with Gasteiger partial charge in [-0.3, -0.25) is 0 Å². The summed E-state index contributed by atoms with van der Waals surface area (Å²) in [6.07, 6.45) is 0. The quantitative estimate of drug-likeness (QED) is 0.785. The summed E-state index contributed by atoms with van der Waals surface area (Å²) < 4.78 is 12.9. The van der Waals surface area contributed by atoms with E-state index >= 15 is 0 Å². The molecule has 0 bridgehead atoms. The van der Waals surface area contributed by atoms with Gasteiger partial charge in [0, 0.05) is 18.2 Å². The minimum absolute atomic E-state index is 0.144. The fraction of sp³-hybridized carbons (Fsp3) is 0.278. The van der Waals surface area contributed by atoms with Gasteiger partial charge in [-0.25, -0.2) is 4.98 Å². The Balaban J connectivity index is 2.23. The number of hydrogen-bond donors (Lipinski definition) is 1. The van der Waals surface area contributed by atoms with Gasteiger partial charge in [0.05, 0.1) is 25.3 Å². The maximum atomic E-state index is 5.91. The lowest BCUT2D eigenvalue weighted by Gasteiger charge is -2.16. The molecule has 3 rings (SSSR count). The van der Waals surface area contributed by atoms with Crippen LogP contribution < -0.4 is 15.2 Å². The van der Waals surface area contributed by atoms with Crippen LogP contribution in [0.4, 0.5) is 0 Å². The van der Waals surface area contributed by atoms with E-state index in [0.29, 0.717) is 18.0 Å². The Morgan fingerprint density at radius 2 is 1.83 bits per heavy atom. The van der Waals surface area contributed by atoms with Gasteiger partial charge >= 0.3 is 0 Å². The van der Waals surface area contributed by atoms with Crippen molar-refractivity contribution in [2.45, 2.75) is 13.0 Å². The Kier molecular flexibility index (Phi) is 4.21. The molecular weight excluding hydrogens is 290 g/mol. The lowest BCUT2D eigenvalue weighted by molar-refractivity contribution is 0.355. The molecule has 0 aliphatic carbocycles. The molecule has 0 saturated carbocycles. The molecule has 5 heteroatoms. The Labute approximate surface area is 135 Å². The van der Waals surface area contributed by atoms with Crippen LogP contribution in [0.15, 0.2) is 42.5 Å². The molecule has 5 nitrogen and oxygen atoms in total. The van der Waals surface area contributed by atoms with Gasteiger partial charge in [-0.15, -0.1) is 0 Å². The third-order valence-corrected chi connectivity index (χ3v) is 4.02. The number of aromatic nitrogens is 2. The zero-order valence-electron chi connectivity index (χ0n) is 13.6. The lowest BCUT2D eigenvalue weighted by Crippen LogP contribution is -2.16. The van der Waals surface area contributed by atoms with Crippen LogP contribution >= 0.6 is 0 Å². The van der Waals surface area contributed by atoms with E-state index in [4.69, 9.17) is 20.2 Å². The SMILES string of the molecule is COc1ccc(-c2nc3ccccc3n2C(C)CN)cc1OC. The minimum atomic E-state index is 0.144. The van der Waals surface area contributed by atoms with E-state index in [0.717, 1.165) is 22.4 Å². The minimum Gasteiger partial charge on any atom is -0.493 e. The number of hydrogen-bond acceptors (Lipinski definition) is 4. The van der Waals surface area contributed by atoms with Gasteiger partial charge in [0.15, 0.2) is 11.5 Å². The zero-order chi connectivity index (χ0) is 16.4. The highest BCUT2D eigenvalue weighted by molar-refractivity contribution is 5.81. The lowest BCUT2D eigenvalue weighted by atomic mass is 10.1. The number of nitrogens with two attached hydrogens (primary N) is 1. The molecular formula is C18H21N3O2. The first-order chi connectivity index (χ1) is 11.2. The number of imidazole rings is 1. The molecule has 1 atom stereocenters. The number of para-hydroxylation sites is 2. The first-order valence-electron chi connectivity index (χ1n) is 7.59. The van der Waals surface area contributed by atoms with E-state index in [1.165, 1.54) is 0 Å². The van der Waals surface area contributed by atoms with Gasteiger partial charge < -0.3 is 19.8 Å². The molecule has 120 valence electrons. The van der Waals surface area contributed by atoms with Gasteiger partial charge in [-0.1, -0.05) is 12.1 Å². The van der Waals surface area contributed by atoms with E-state index in [2.05, 4.69) is 17.6 Å². The van der Waals surface area contributed by atoms with Crippen molar-refractivity contribution in [2.24, 2.45) is 5.73 Å². The Morgan fingerprint density at radius 3 is 2.52 bits per heavy atom. The average Bonchev–Trinajstić information content (AvgIpc) is 2.99. The molecule has 0 saturated heterocycles. The highest BCUT2D eigenvalue weighted by Gasteiger charge is 2.17. The second-order valence-corrected chi connectivity index (χ2v) is 5.45. The van der Waals surface area contributed by atoms with Gasteiger partial charge in [-0.2, -0.15) is 0 Å². The van der Waals surface area contributed by atoms with E-state index in [-0.39, 0.29) is 6.04 Å². The molecule has 1 unspecified atom stereocenters. The highest BCUT2D eigenvalue weighted by atomic mass is 16.5. The second-order valence-electron chi connectivity index (χ2n) is 5.45. The van der Waals surface area contributed by atoms with Crippen LogP contribution in [-0.2, 0) is 0 Å². The number of rotatable bonds is 5. The van der Waals surface area contributed by atoms with E-state index in [1.54, 1.807) is 14.2 Å². The van der Waals surface area contributed by atoms with E-state index in [9.17, 15) is 0 Å². The second kappa shape index (κ2) is 6.30. The first-order valence-corrected chi connectivity index (χ1v) is 7.59. The summed E-state index contributed by atoms with van der Waals surface area (Å²) in [6, 6.07) is 14.1. The smallest absolute Gasteiger partial charge is 0.161 e. The fourth-order valence-corrected chi connectivity index (χ4v) is 2.78. The van der Waals surface area contributed by atoms with Gasteiger partial charge in [0.25, 0.3) is 0 Å². The van der Waals surface area contributed by atoms with Gasteiger partial charge in [0.2, 0.25) is 0 Å². The molecule has 0 aliphatic heterocycles. The number of nitrogens with zero attached hydrogens (tertiary/aromatic N) is 2. The molecule has 0 aliphatic rings. The van der Waals surface area contributed by atoms with Crippen LogP contribution in [0.2, 0.25) is 0 Å². The maximum absolute atomic E-state index is 5.91. The standard InChI is InChI=1S/C18H21N3O2/c1-12(11-19)21-15-7-5-4-6-14(15)20-18(21)13-8-9-16(22-2)17(10-13)23-3/h4-10,12H,11,19H2,1-3H3. The summed E-state index contributed by atoms with van der Waals surface area (Å²) in [5, 5.41) is 0. The summed E-state index contributed by atoms with van der Waals surface area (Å²) in [4.78, 5) is 4.79. The summed E-state index contributed by atoms with van der Waals surface area (Å²) in [6.45, 7) is 2.64. The van der Waals surface area contributed by atoms with Crippen molar-refractivity contribution in [3.63, 3.8) is 0 Å². The van der Waals surface area contributed by atoms with E-state index < -0.39 is 0 Å². The molecule has 1 aromatic heterocycles. The van der Waals surface area contributed by atoms with Crippen LogP contribution in [0.1, 0.15) is 13.0 Å². The molecule has 0 radical (unpaired) electrons. The third-order valence-electron chi connectivity index (χ3n) is 4.02. The van der Waals surface area contributed by atoms with Gasteiger partial charge in [0.1, 0.15) is 5.82 Å². The van der Waals surface area contributed by atoms with Crippen molar-refractivity contribution in [3.8, 4) is 22.9 Å². The summed E-state index contributed by atoms with van der Waals surface area (Å²) in [5.74, 6) is 2.26. The number of fused-ring (bicyclic) bond motifs is 1. The fourth-order valence-electron chi connectivity index (χ4n) is 2.78. The normalized spacial score (nSPS) is 12.3. The predicted octanol–water partition coefficient (Wildman–Crippen LogP) is 3.24. The first kappa shape index (κ1) is 15.4. The molecule has 23 heavy (non-hydrogen) atoms. The molecule has 2 aromatic carbocycles. The molecule has 0 fully saturated rings. The van der Waals surface area contributed by atoms with Gasteiger partial charge in [-0.05, 0) is 37.3 Å². The van der Waals surface area contributed by atoms with Crippen molar-refractivity contribution in [3.05, 3.63) is 42.5 Å². The number of benzene rings is 2. The zero-order valence-corrected chi connectivity index (χ0v) is 13.6. The van der Waals surface area contributed by atoms with E-state index in [1.807, 2.05) is 36.4 Å². The highest BCUT2D eigenvalue weighted by Crippen LogP contribution is 2.34. The molecule has 0 amide bonds. The van der Waals surface area contributed by atoms with Crippen LogP contribution in [-0.4, -0.2) is 30.3 Å². The molecule has 0 spiro atoms. The van der Waals surface area contributed by atoms with Crippen molar-refractivity contribution in [1.82, 2.24) is 9.55 Å². The van der Waals surface area contributed by atoms with Crippen molar-refractivity contribution in [1.29, 1.82) is 0 Å². The Morgan fingerprint density at radius 1 is 1.09 bits per heavy atom. The average molecular weight is 311 g/mol. The van der Waals surface area contributed by atoms with Crippen LogP contribution in [0.25, 0.3) is 22.4 Å². The largest absolute Gasteiger partial charge is 0.493 e. The van der Waals surface area contributed by atoms with Crippen molar-refractivity contribution < 1.29 is 9.47 Å². The summed E-state index contributed by atoms with van der Waals surface area (Å²) >= 11 is 0. The molecule has 2 N–H and O–H groups in total. The summed E-state index contributed by atoms with van der Waals surface area (Å²) in [5.41, 5.74) is 8.92. The molecule has 1 heterocycles.